The van der Waals surface area contributed by atoms with Crippen LogP contribution < -0.4 is 5.73 Å². The number of phosphoric ester groups is 1. The van der Waals surface area contributed by atoms with Gasteiger partial charge < -0.3 is 20.1 Å². The third-order valence-electron chi connectivity index (χ3n) is 8.24. The van der Waals surface area contributed by atoms with Crippen LogP contribution in [0.3, 0.4) is 0 Å². The molecule has 274 valence electrons. The van der Waals surface area contributed by atoms with E-state index >= 15 is 0 Å². The quantitative estimate of drug-likeness (QED) is 0.0377. The summed E-state index contributed by atoms with van der Waals surface area (Å²) in [6, 6.07) is 0. The van der Waals surface area contributed by atoms with E-state index < -0.39 is 26.5 Å². The molecule has 0 amide bonds. The molecule has 0 aromatic rings. The van der Waals surface area contributed by atoms with Crippen LogP contribution in [-0.2, 0) is 32.7 Å². The molecule has 0 rings (SSSR count). The summed E-state index contributed by atoms with van der Waals surface area (Å²) in [5, 5.41) is 0. The second-order valence-corrected chi connectivity index (χ2v) is 14.3. The zero-order chi connectivity index (χ0) is 34.0. The predicted molar refractivity (Wildman–Crippen MR) is 188 cm³/mol. The van der Waals surface area contributed by atoms with Crippen molar-refractivity contribution in [2.75, 3.05) is 26.4 Å². The number of unbranched alkanes of at least 4 members (excludes halogenated alkanes) is 23. The smallest absolute Gasteiger partial charge is 0.462 e. The lowest BCUT2D eigenvalue weighted by Gasteiger charge is -2.19. The number of carbonyl (C=O) groups excluding carboxylic acids is 2. The molecule has 0 aliphatic rings. The molecule has 0 spiro atoms. The lowest BCUT2D eigenvalue weighted by atomic mass is 10.0. The van der Waals surface area contributed by atoms with Gasteiger partial charge in [0.15, 0.2) is 6.10 Å². The van der Waals surface area contributed by atoms with Crippen molar-refractivity contribution in [2.24, 2.45) is 5.73 Å². The molecule has 0 saturated heterocycles. The number of ether oxygens (including phenoxy) is 2. The standard InChI is InChI=1S/C36H72NO8P/c1-3-5-7-9-11-13-14-15-16-17-18-19-21-23-25-27-29-36(39)45-34(33-44-46(40,41)43-31-30-37)32-42-35(38)28-26-24-22-20-12-10-8-6-4-2/h34H,3-33,37H2,1-2H3,(H,40,41). The zero-order valence-electron chi connectivity index (χ0n) is 29.8. The van der Waals surface area contributed by atoms with Gasteiger partial charge >= 0.3 is 19.8 Å². The van der Waals surface area contributed by atoms with Crippen molar-refractivity contribution in [3.05, 3.63) is 0 Å². The first-order chi connectivity index (χ1) is 22.3. The van der Waals surface area contributed by atoms with E-state index in [0.717, 1.165) is 32.1 Å². The Hall–Kier alpha value is -0.990. The minimum absolute atomic E-state index is 0.0576. The second kappa shape index (κ2) is 33.9. The first-order valence-electron chi connectivity index (χ1n) is 19.0. The molecule has 0 heterocycles. The van der Waals surface area contributed by atoms with E-state index in [1.807, 2.05) is 0 Å². The minimum atomic E-state index is -4.36. The first kappa shape index (κ1) is 45.0. The number of hydrogen-bond donors (Lipinski definition) is 2. The number of rotatable bonds is 36. The summed E-state index contributed by atoms with van der Waals surface area (Å²) >= 11 is 0. The van der Waals surface area contributed by atoms with E-state index in [1.165, 1.54) is 122 Å². The van der Waals surface area contributed by atoms with Gasteiger partial charge in [-0.2, -0.15) is 0 Å². The van der Waals surface area contributed by atoms with Gasteiger partial charge in [0, 0.05) is 19.4 Å². The molecule has 46 heavy (non-hydrogen) atoms. The van der Waals surface area contributed by atoms with Crippen molar-refractivity contribution in [2.45, 2.75) is 193 Å². The molecule has 0 radical (unpaired) electrons. The summed E-state index contributed by atoms with van der Waals surface area (Å²) in [4.78, 5) is 34.6. The maximum absolute atomic E-state index is 12.5. The van der Waals surface area contributed by atoms with Crippen LogP contribution in [0.4, 0.5) is 0 Å². The van der Waals surface area contributed by atoms with Gasteiger partial charge in [0.2, 0.25) is 0 Å². The minimum Gasteiger partial charge on any atom is -0.462 e. The molecule has 0 bridgehead atoms. The van der Waals surface area contributed by atoms with Gasteiger partial charge in [-0.15, -0.1) is 0 Å². The fraction of sp³-hybridized carbons (Fsp3) is 0.944. The Labute approximate surface area is 282 Å². The maximum Gasteiger partial charge on any atom is 0.472 e. The normalized spacial score (nSPS) is 13.4. The highest BCUT2D eigenvalue weighted by molar-refractivity contribution is 7.47. The molecule has 0 aromatic carbocycles. The van der Waals surface area contributed by atoms with Crippen LogP contribution in [0.15, 0.2) is 0 Å². The molecule has 0 saturated carbocycles. The van der Waals surface area contributed by atoms with Crippen LogP contribution >= 0.6 is 7.82 Å². The third-order valence-corrected chi connectivity index (χ3v) is 9.23. The Morgan fingerprint density at radius 2 is 0.935 bits per heavy atom. The largest absolute Gasteiger partial charge is 0.472 e. The summed E-state index contributed by atoms with van der Waals surface area (Å²) < 4.78 is 32.6. The number of carbonyl (C=O) groups is 2. The monoisotopic (exact) mass is 677 g/mol. The molecule has 10 heteroatoms. The number of phosphoric acid groups is 1. The Balaban J connectivity index is 4.15. The molecule has 2 atom stereocenters. The fourth-order valence-corrected chi connectivity index (χ4v) is 6.16. The summed E-state index contributed by atoms with van der Waals surface area (Å²) in [7, 11) is -4.36. The van der Waals surface area contributed by atoms with Crippen LogP contribution in [0.1, 0.15) is 187 Å². The Bertz CT molecular complexity index is 739. The molecule has 0 aromatic heterocycles. The van der Waals surface area contributed by atoms with Crippen molar-refractivity contribution in [3.63, 3.8) is 0 Å². The van der Waals surface area contributed by atoms with Gasteiger partial charge in [-0.3, -0.25) is 18.6 Å². The van der Waals surface area contributed by atoms with Gasteiger partial charge in [0.25, 0.3) is 0 Å². The topological polar surface area (TPSA) is 134 Å². The van der Waals surface area contributed by atoms with Crippen LogP contribution in [0.2, 0.25) is 0 Å². The Morgan fingerprint density at radius 1 is 0.565 bits per heavy atom. The average Bonchev–Trinajstić information content (AvgIpc) is 3.04. The highest BCUT2D eigenvalue weighted by Crippen LogP contribution is 2.43. The van der Waals surface area contributed by atoms with Crippen molar-refractivity contribution in [1.29, 1.82) is 0 Å². The summed E-state index contributed by atoms with van der Waals surface area (Å²) in [6.07, 6.45) is 29.9. The second-order valence-electron chi connectivity index (χ2n) is 12.8. The van der Waals surface area contributed by atoms with Gasteiger partial charge in [0.1, 0.15) is 6.61 Å². The molecule has 0 aliphatic carbocycles. The first-order valence-corrected chi connectivity index (χ1v) is 20.5. The van der Waals surface area contributed by atoms with Crippen molar-refractivity contribution in [1.82, 2.24) is 0 Å². The van der Waals surface area contributed by atoms with Crippen LogP contribution in [0.5, 0.6) is 0 Å². The van der Waals surface area contributed by atoms with Gasteiger partial charge in [0.05, 0.1) is 13.2 Å². The highest BCUT2D eigenvalue weighted by Gasteiger charge is 2.25. The molecular weight excluding hydrogens is 605 g/mol. The maximum atomic E-state index is 12.5. The van der Waals surface area contributed by atoms with Crippen molar-refractivity contribution >= 4 is 19.8 Å². The number of hydrogen-bond acceptors (Lipinski definition) is 8. The highest BCUT2D eigenvalue weighted by atomic mass is 31.2. The number of nitrogens with two attached hydrogens (primary N) is 1. The van der Waals surface area contributed by atoms with E-state index in [4.69, 9.17) is 24.3 Å². The Kier molecular flexibility index (Phi) is 33.2. The van der Waals surface area contributed by atoms with Crippen molar-refractivity contribution in [3.8, 4) is 0 Å². The summed E-state index contributed by atoms with van der Waals surface area (Å²) in [5.41, 5.74) is 5.32. The van der Waals surface area contributed by atoms with Crippen LogP contribution in [0, 0.1) is 0 Å². The van der Waals surface area contributed by atoms with Crippen LogP contribution in [-0.4, -0.2) is 49.3 Å². The summed E-state index contributed by atoms with van der Waals surface area (Å²) in [5.74, 6) is -0.821. The molecule has 9 nitrogen and oxygen atoms in total. The SMILES string of the molecule is CCCCCCCCCCCCCCCCCCC(=O)OC(COC(=O)CCCCCCCCCCC)COP(=O)(O)OCCN. The molecule has 2 unspecified atom stereocenters. The van der Waals surface area contributed by atoms with E-state index in [2.05, 4.69) is 13.8 Å². The van der Waals surface area contributed by atoms with E-state index in [-0.39, 0.29) is 38.6 Å². The summed E-state index contributed by atoms with van der Waals surface area (Å²) in [6.45, 7) is 3.72. The lowest BCUT2D eigenvalue weighted by Crippen LogP contribution is -2.29. The van der Waals surface area contributed by atoms with Gasteiger partial charge in [-0.05, 0) is 12.8 Å². The zero-order valence-corrected chi connectivity index (χ0v) is 30.7. The lowest BCUT2D eigenvalue weighted by molar-refractivity contribution is -0.161. The van der Waals surface area contributed by atoms with Gasteiger partial charge in [-0.25, -0.2) is 4.57 Å². The van der Waals surface area contributed by atoms with E-state index in [1.54, 1.807) is 0 Å². The molecule has 3 N–H and O–H groups in total. The van der Waals surface area contributed by atoms with Crippen molar-refractivity contribution < 1.29 is 37.6 Å². The fourth-order valence-electron chi connectivity index (χ4n) is 5.40. The molecule has 0 aliphatic heterocycles. The van der Waals surface area contributed by atoms with E-state index in [9.17, 15) is 19.0 Å². The average molecular weight is 678 g/mol. The van der Waals surface area contributed by atoms with Gasteiger partial charge in [-0.1, -0.05) is 162 Å². The third kappa shape index (κ3) is 32.9. The van der Waals surface area contributed by atoms with Crippen LogP contribution in [0.25, 0.3) is 0 Å². The number of esters is 2. The molecular formula is C36H72NO8P. The predicted octanol–water partition coefficient (Wildman–Crippen LogP) is 10.1. The molecule has 0 fully saturated rings. The van der Waals surface area contributed by atoms with E-state index in [0.29, 0.717) is 6.42 Å². The Morgan fingerprint density at radius 3 is 1.33 bits per heavy atom.